The third-order valence-corrected chi connectivity index (χ3v) is 4.98. The second-order valence-electron chi connectivity index (χ2n) is 7.40. The lowest BCUT2D eigenvalue weighted by Gasteiger charge is -2.30. The highest BCUT2D eigenvalue weighted by Crippen LogP contribution is 2.29. The number of halogens is 3. The molecule has 1 aliphatic heterocycles. The zero-order valence-corrected chi connectivity index (χ0v) is 18.5. The van der Waals surface area contributed by atoms with Gasteiger partial charge in [0.1, 0.15) is 12.3 Å². The molecule has 2 N–H and O–H groups in total. The Labute approximate surface area is 197 Å². The Kier molecular flexibility index (Phi) is 6.87. The van der Waals surface area contributed by atoms with Crippen molar-refractivity contribution in [3.05, 3.63) is 60.4 Å². The zero-order chi connectivity index (χ0) is 25.0. The summed E-state index contributed by atoms with van der Waals surface area (Å²) in [7, 11) is 0. The molecule has 3 aromatic rings. The number of hydrogen-bond donors (Lipinski definition) is 2. The average Bonchev–Trinajstić information content (AvgIpc) is 3.35. The number of carbonyl (C=O) groups excluding carboxylic acids is 2. The van der Waals surface area contributed by atoms with Crippen molar-refractivity contribution in [1.29, 1.82) is 0 Å². The number of alkyl halides is 3. The summed E-state index contributed by atoms with van der Waals surface area (Å²) < 4.78 is 48.3. The predicted molar refractivity (Wildman–Crippen MR) is 118 cm³/mol. The lowest BCUT2D eigenvalue weighted by Crippen LogP contribution is -2.49. The molecule has 0 spiro atoms. The highest BCUT2D eigenvalue weighted by Gasteiger charge is 2.32. The molecule has 0 aliphatic carbocycles. The molecule has 0 saturated heterocycles. The van der Waals surface area contributed by atoms with Gasteiger partial charge in [-0.2, -0.15) is 5.10 Å². The third-order valence-electron chi connectivity index (χ3n) is 4.98. The minimum Gasteiger partial charge on any atom is -0.406 e. The number of fused-ring (bicyclic) bond motifs is 1. The van der Waals surface area contributed by atoms with Gasteiger partial charge >= 0.3 is 12.4 Å². The number of rotatable bonds is 7. The van der Waals surface area contributed by atoms with Gasteiger partial charge in [0, 0.05) is 19.0 Å². The fraction of sp³-hybridized carbons (Fsp3) is 0.273. The number of nitrogens with zero attached hydrogens (tertiary/aromatic N) is 4. The average molecular weight is 490 g/mol. The number of carbonyl (C=O) groups is 2. The number of aromatic nitrogens is 3. The molecule has 1 aromatic carbocycles. The molecular weight excluding hydrogens is 469 g/mol. The van der Waals surface area contributed by atoms with E-state index in [-0.39, 0.29) is 24.7 Å². The minimum absolute atomic E-state index is 0.0510. The van der Waals surface area contributed by atoms with Crippen LogP contribution in [0.2, 0.25) is 0 Å². The van der Waals surface area contributed by atoms with Crippen LogP contribution >= 0.6 is 0 Å². The smallest absolute Gasteiger partial charge is 0.406 e. The molecule has 3 amide bonds. The molecule has 0 radical (unpaired) electrons. The van der Waals surface area contributed by atoms with E-state index in [0.29, 0.717) is 23.7 Å². The Balaban J connectivity index is 1.57. The Morgan fingerprint density at radius 2 is 2.00 bits per heavy atom. The maximum absolute atomic E-state index is 13.2. The van der Waals surface area contributed by atoms with E-state index in [0.717, 1.165) is 12.1 Å². The number of benzene rings is 1. The first-order valence-corrected chi connectivity index (χ1v) is 10.6. The minimum atomic E-state index is -4.81. The zero-order valence-electron chi connectivity index (χ0n) is 18.5. The topological polar surface area (TPSA) is 111 Å². The highest BCUT2D eigenvalue weighted by atomic mass is 19.4. The number of pyridine rings is 1. The van der Waals surface area contributed by atoms with Gasteiger partial charge in [-0.1, -0.05) is 12.1 Å². The highest BCUT2D eigenvalue weighted by molar-refractivity contribution is 6.08. The van der Waals surface area contributed by atoms with E-state index in [1.54, 1.807) is 37.5 Å². The molecule has 0 saturated carbocycles. The van der Waals surface area contributed by atoms with Crippen molar-refractivity contribution in [1.82, 2.24) is 20.1 Å². The summed E-state index contributed by atoms with van der Waals surface area (Å²) in [6.45, 7) is 1.89. The monoisotopic (exact) mass is 490 g/mol. The largest absolute Gasteiger partial charge is 0.573 e. The van der Waals surface area contributed by atoms with Crippen molar-refractivity contribution >= 4 is 23.4 Å². The SMILES string of the molecule is CCOCC(NC(=O)N1CC(=O)Nc2ccc(-n3cccn3)nc21)c1ccc(OC(F)(F)F)cc1. The lowest BCUT2D eigenvalue weighted by atomic mass is 10.1. The molecule has 2 aromatic heterocycles. The van der Waals surface area contributed by atoms with Crippen molar-refractivity contribution in [2.45, 2.75) is 19.3 Å². The first kappa shape index (κ1) is 24.0. The van der Waals surface area contributed by atoms with Crippen molar-refractivity contribution < 1.29 is 32.2 Å². The fourth-order valence-electron chi connectivity index (χ4n) is 3.44. The molecule has 1 aliphatic rings. The van der Waals surface area contributed by atoms with Gasteiger partial charge in [0.2, 0.25) is 5.91 Å². The van der Waals surface area contributed by atoms with E-state index in [1.165, 1.54) is 21.7 Å². The standard InChI is InChI=1S/C22H21F3N6O4/c1-2-34-13-17(14-4-6-15(7-5-14)35-22(23,24)25)28-21(33)30-12-19(32)27-16-8-9-18(29-20(16)30)31-11-3-10-26-31/h3-11,17H,2,12-13H2,1H3,(H,27,32)(H,28,33). The van der Waals surface area contributed by atoms with E-state index in [2.05, 4.69) is 25.5 Å². The molecule has 4 rings (SSSR count). The van der Waals surface area contributed by atoms with Crippen LogP contribution in [0.3, 0.4) is 0 Å². The molecule has 0 fully saturated rings. The first-order valence-electron chi connectivity index (χ1n) is 10.6. The maximum Gasteiger partial charge on any atom is 0.573 e. The maximum atomic E-state index is 13.2. The summed E-state index contributed by atoms with van der Waals surface area (Å²) in [6.07, 6.45) is -1.55. The van der Waals surface area contributed by atoms with Crippen molar-refractivity contribution in [2.75, 3.05) is 30.0 Å². The van der Waals surface area contributed by atoms with Gasteiger partial charge in [-0.3, -0.25) is 9.69 Å². The first-order chi connectivity index (χ1) is 16.7. The van der Waals surface area contributed by atoms with Crippen LogP contribution in [-0.2, 0) is 9.53 Å². The lowest BCUT2D eigenvalue weighted by molar-refractivity contribution is -0.274. The number of nitrogens with one attached hydrogen (secondary N) is 2. The molecule has 184 valence electrons. The van der Waals surface area contributed by atoms with Gasteiger partial charge in [-0.25, -0.2) is 14.5 Å². The van der Waals surface area contributed by atoms with Crippen LogP contribution in [0.25, 0.3) is 5.82 Å². The molecule has 1 atom stereocenters. The molecule has 13 heteroatoms. The van der Waals surface area contributed by atoms with Crippen LogP contribution in [0.4, 0.5) is 29.5 Å². The third kappa shape index (κ3) is 5.87. The molecule has 3 heterocycles. The number of hydrogen-bond acceptors (Lipinski definition) is 6. The molecule has 10 nitrogen and oxygen atoms in total. The molecule has 1 unspecified atom stereocenters. The summed E-state index contributed by atoms with van der Waals surface area (Å²) in [6, 6.07) is 8.73. The van der Waals surface area contributed by atoms with Gasteiger partial charge in [0.15, 0.2) is 11.6 Å². The number of urea groups is 1. The Hall–Kier alpha value is -4.13. The molecule has 0 bridgehead atoms. The second kappa shape index (κ2) is 10.0. The summed E-state index contributed by atoms with van der Waals surface area (Å²) in [4.78, 5) is 31.1. The van der Waals surface area contributed by atoms with E-state index >= 15 is 0 Å². The van der Waals surface area contributed by atoms with Crippen LogP contribution in [0, 0.1) is 0 Å². The Morgan fingerprint density at radius 3 is 2.66 bits per heavy atom. The van der Waals surface area contributed by atoms with Crippen LogP contribution < -0.4 is 20.3 Å². The van der Waals surface area contributed by atoms with Gasteiger partial charge in [0.05, 0.1) is 18.3 Å². The quantitative estimate of drug-likeness (QED) is 0.525. The number of amides is 3. The van der Waals surface area contributed by atoms with E-state index in [9.17, 15) is 22.8 Å². The Bertz CT molecular complexity index is 1180. The van der Waals surface area contributed by atoms with E-state index in [1.807, 2.05) is 0 Å². The van der Waals surface area contributed by atoms with Crippen LogP contribution in [0.15, 0.2) is 54.9 Å². The van der Waals surface area contributed by atoms with E-state index in [4.69, 9.17) is 4.74 Å². The number of ether oxygens (including phenoxy) is 2. The second-order valence-corrected chi connectivity index (χ2v) is 7.40. The van der Waals surface area contributed by atoms with Gasteiger partial charge in [0.25, 0.3) is 0 Å². The summed E-state index contributed by atoms with van der Waals surface area (Å²) in [5.74, 6) is -0.135. The summed E-state index contributed by atoms with van der Waals surface area (Å²) in [5.41, 5.74) is 0.837. The predicted octanol–water partition coefficient (Wildman–Crippen LogP) is 3.41. The van der Waals surface area contributed by atoms with Crippen LogP contribution in [-0.4, -0.2) is 52.8 Å². The summed E-state index contributed by atoms with van der Waals surface area (Å²) in [5, 5.41) is 9.58. The molecular formula is C22H21F3N6O4. The van der Waals surface area contributed by atoms with Crippen LogP contribution in [0.1, 0.15) is 18.5 Å². The van der Waals surface area contributed by atoms with Crippen molar-refractivity contribution in [3.8, 4) is 11.6 Å². The Morgan fingerprint density at radius 1 is 1.23 bits per heavy atom. The van der Waals surface area contributed by atoms with Crippen molar-refractivity contribution in [2.24, 2.45) is 0 Å². The summed E-state index contributed by atoms with van der Waals surface area (Å²) >= 11 is 0. The number of anilines is 2. The fourth-order valence-corrected chi connectivity index (χ4v) is 3.44. The normalized spacial score (nSPS) is 14.2. The van der Waals surface area contributed by atoms with Crippen LogP contribution in [0.5, 0.6) is 5.75 Å². The van der Waals surface area contributed by atoms with Crippen molar-refractivity contribution in [3.63, 3.8) is 0 Å². The van der Waals surface area contributed by atoms with Gasteiger partial charge in [-0.05, 0) is 42.8 Å². The van der Waals surface area contributed by atoms with E-state index < -0.39 is 24.3 Å². The van der Waals surface area contributed by atoms with Gasteiger partial charge < -0.3 is 20.1 Å². The molecule has 35 heavy (non-hydrogen) atoms. The van der Waals surface area contributed by atoms with Gasteiger partial charge in [-0.15, -0.1) is 13.2 Å².